The molecule has 1 N–H and O–H groups in total. The number of nitrogens with one attached hydrogen (secondary N) is 1. The Morgan fingerprint density at radius 2 is 1.34 bits per heavy atom. The average molecular weight is 584 g/mol. The standard InChI is InChI=1S/C39H25N3OS/c1-3-11-24(12-4-1)37-40-38(25-13-5-2-6-14-25)42-39(41-37)30-18-10-20-34-35(30)31-23-26(21-22-33(31)44-34)27-16-9-17-29-28-15-7-8-19-32(28)43-36(27)29/h1-23,39H,(H,40,41,42). The van der Waals surface area contributed by atoms with E-state index in [1.807, 2.05) is 59.9 Å². The third-order valence-electron chi connectivity index (χ3n) is 8.36. The van der Waals surface area contributed by atoms with E-state index >= 15 is 0 Å². The second-order valence-electron chi connectivity index (χ2n) is 11.0. The van der Waals surface area contributed by atoms with Crippen LogP contribution in [-0.4, -0.2) is 11.7 Å². The van der Waals surface area contributed by atoms with E-state index in [0.29, 0.717) is 0 Å². The fraction of sp³-hybridized carbons (Fsp3) is 0.0256. The Kier molecular flexibility index (Phi) is 5.71. The first-order valence-electron chi connectivity index (χ1n) is 14.7. The first-order valence-corrected chi connectivity index (χ1v) is 15.5. The molecule has 8 aromatic rings. The lowest BCUT2D eigenvalue weighted by Gasteiger charge is -2.24. The van der Waals surface area contributed by atoms with E-state index < -0.39 is 0 Å². The molecule has 208 valence electrons. The molecule has 1 aliphatic heterocycles. The number of hydrogen-bond donors (Lipinski definition) is 1. The summed E-state index contributed by atoms with van der Waals surface area (Å²) in [4.78, 5) is 10.2. The van der Waals surface area contributed by atoms with Crippen molar-refractivity contribution in [1.82, 2.24) is 5.32 Å². The number of amidine groups is 2. The average Bonchev–Trinajstić information content (AvgIpc) is 3.67. The van der Waals surface area contributed by atoms with Gasteiger partial charge in [-0.15, -0.1) is 11.3 Å². The molecule has 44 heavy (non-hydrogen) atoms. The Bertz CT molecular complexity index is 2420. The molecule has 9 rings (SSSR count). The minimum Gasteiger partial charge on any atom is -0.455 e. The second kappa shape index (κ2) is 10.0. The van der Waals surface area contributed by atoms with Crippen molar-refractivity contribution in [2.75, 3.05) is 0 Å². The van der Waals surface area contributed by atoms with Gasteiger partial charge >= 0.3 is 0 Å². The molecule has 4 nitrogen and oxygen atoms in total. The lowest BCUT2D eigenvalue weighted by Crippen LogP contribution is -2.33. The van der Waals surface area contributed by atoms with E-state index in [1.165, 1.54) is 20.2 Å². The van der Waals surface area contributed by atoms with Crippen molar-refractivity contribution in [1.29, 1.82) is 0 Å². The predicted molar refractivity (Wildman–Crippen MR) is 184 cm³/mol. The molecule has 1 atom stereocenters. The molecular formula is C39H25N3OS. The van der Waals surface area contributed by atoms with Gasteiger partial charge in [0, 0.05) is 53.2 Å². The third-order valence-corrected chi connectivity index (χ3v) is 9.49. The summed E-state index contributed by atoms with van der Waals surface area (Å²) in [5.74, 6) is 1.54. The number of benzene rings is 6. The minimum atomic E-state index is -0.304. The van der Waals surface area contributed by atoms with Gasteiger partial charge < -0.3 is 9.73 Å². The van der Waals surface area contributed by atoms with Gasteiger partial charge in [0.15, 0.2) is 5.84 Å². The number of thiophene rings is 1. The summed E-state index contributed by atoms with van der Waals surface area (Å²) in [6.45, 7) is 0. The molecule has 0 radical (unpaired) electrons. The lowest BCUT2D eigenvalue weighted by molar-refractivity contribution is 0.670. The molecule has 0 aliphatic carbocycles. The Morgan fingerprint density at radius 1 is 0.591 bits per heavy atom. The van der Waals surface area contributed by atoms with Gasteiger partial charge in [0.2, 0.25) is 0 Å². The molecule has 0 amide bonds. The molecule has 2 aromatic heterocycles. The zero-order valence-electron chi connectivity index (χ0n) is 23.6. The summed E-state index contributed by atoms with van der Waals surface area (Å²) in [6, 6.07) is 48.5. The van der Waals surface area contributed by atoms with E-state index in [4.69, 9.17) is 14.4 Å². The van der Waals surface area contributed by atoms with Crippen LogP contribution in [-0.2, 0) is 0 Å². The maximum Gasteiger partial charge on any atom is 0.159 e. The Balaban J connectivity index is 1.23. The van der Waals surface area contributed by atoms with Gasteiger partial charge in [0.25, 0.3) is 0 Å². The van der Waals surface area contributed by atoms with Crippen LogP contribution in [0.3, 0.4) is 0 Å². The van der Waals surface area contributed by atoms with Gasteiger partial charge in [-0.2, -0.15) is 0 Å². The summed E-state index contributed by atoms with van der Waals surface area (Å²) in [5.41, 5.74) is 7.21. The van der Waals surface area contributed by atoms with Crippen molar-refractivity contribution in [3.63, 3.8) is 0 Å². The predicted octanol–water partition coefficient (Wildman–Crippen LogP) is 10.1. The number of fused-ring (bicyclic) bond motifs is 6. The largest absolute Gasteiger partial charge is 0.455 e. The molecule has 0 saturated heterocycles. The maximum absolute atomic E-state index is 6.41. The van der Waals surface area contributed by atoms with Gasteiger partial charge in [-0.05, 0) is 29.8 Å². The maximum atomic E-state index is 6.41. The normalized spacial score (nSPS) is 15.0. The minimum absolute atomic E-state index is 0.304. The molecule has 5 heteroatoms. The highest BCUT2D eigenvalue weighted by molar-refractivity contribution is 7.25. The van der Waals surface area contributed by atoms with Crippen LogP contribution in [0.5, 0.6) is 0 Å². The molecule has 6 aromatic carbocycles. The van der Waals surface area contributed by atoms with E-state index in [9.17, 15) is 0 Å². The van der Waals surface area contributed by atoms with E-state index in [-0.39, 0.29) is 6.17 Å². The van der Waals surface area contributed by atoms with Crippen molar-refractivity contribution in [2.24, 2.45) is 9.98 Å². The SMILES string of the molecule is c1ccc(C2=NC(c3cccc4sc5ccc(-c6cccc7c6oc6ccccc67)cc5c34)NC(c3ccccc3)=N2)cc1. The van der Waals surface area contributed by atoms with E-state index in [1.54, 1.807) is 0 Å². The number of aliphatic imine (C=N–C) groups is 2. The van der Waals surface area contributed by atoms with Crippen LogP contribution in [0.1, 0.15) is 22.9 Å². The zero-order valence-corrected chi connectivity index (χ0v) is 24.4. The number of para-hydroxylation sites is 2. The third kappa shape index (κ3) is 4.05. The monoisotopic (exact) mass is 583 g/mol. The molecule has 0 fully saturated rings. The highest BCUT2D eigenvalue weighted by Gasteiger charge is 2.24. The van der Waals surface area contributed by atoms with Crippen LogP contribution in [0.2, 0.25) is 0 Å². The van der Waals surface area contributed by atoms with Crippen molar-refractivity contribution < 1.29 is 4.42 Å². The Hall–Kier alpha value is -5.52. The molecule has 0 spiro atoms. The fourth-order valence-corrected chi connectivity index (χ4v) is 7.41. The van der Waals surface area contributed by atoms with Gasteiger partial charge in [0.1, 0.15) is 23.2 Å². The van der Waals surface area contributed by atoms with Crippen LogP contribution >= 0.6 is 11.3 Å². The molecule has 0 bridgehead atoms. The highest BCUT2D eigenvalue weighted by atomic mass is 32.1. The fourth-order valence-electron chi connectivity index (χ4n) is 6.29. The van der Waals surface area contributed by atoms with Crippen molar-refractivity contribution in [3.8, 4) is 11.1 Å². The highest BCUT2D eigenvalue weighted by Crippen LogP contribution is 2.42. The van der Waals surface area contributed by atoms with Crippen LogP contribution in [0.15, 0.2) is 154 Å². The van der Waals surface area contributed by atoms with Crippen molar-refractivity contribution >= 4 is 65.1 Å². The summed E-state index contributed by atoms with van der Waals surface area (Å²) in [7, 11) is 0. The number of furan rings is 1. The quantitative estimate of drug-likeness (QED) is 0.224. The van der Waals surface area contributed by atoms with Crippen molar-refractivity contribution in [2.45, 2.75) is 6.17 Å². The molecule has 3 heterocycles. The zero-order chi connectivity index (χ0) is 29.0. The van der Waals surface area contributed by atoms with E-state index in [2.05, 4.69) is 96.3 Å². The number of hydrogen-bond acceptors (Lipinski definition) is 5. The van der Waals surface area contributed by atoms with Crippen LogP contribution in [0, 0.1) is 0 Å². The molecule has 0 saturated carbocycles. The summed E-state index contributed by atoms with van der Waals surface area (Å²) < 4.78 is 8.89. The van der Waals surface area contributed by atoms with Crippen LogP contribution in [0.25, 0.3) is 53.2 Å². The number of rotatable bonds is 4. The summed E-state index contributed by atoms with van der Waals surface area (Å²) in [6.07, 6.45) is -0.304. The van der Waals surface area contributed by atoms with Crippen LogP contribution < -0.4 is 5.32 Å². The van der Waals surface area contributed by atoms with Gasteiger partial charge in [-0.1, -0.05) is 115 Å². The van der Waals surface area contributed by atoms with E-state index in [0.717, 1.165) is 61.4 Å². The lowest BCUT2D eigenvalue weighted by atomic mass is 9.98. The Labute approximate surface area is 257 Å². The summed E-state index contributed by atoms with van der Waals surface area (Å²) >= 11 is 1.82. The molecule has 1 unspecified atom stereocenters. The molecular weight excluding hydrogens is 559 g/mol. The van der Waals surface area contributed by atoms with Gasteiger partial charge in [-0.3, -0.25) is 0 Å². The van der Waals surface area contributed by atoms with Gasteiger partial charge in [0.05, 0.1) is 0 Å². The van der Waals surface area contributed by atoms with Gasteiger partial charge in [-0.25, -0.2) is 9.98 Å². The van der Waals surface area contributed by atoms with Crippen molar-refractivity contribution in [3.05, 3.63) is 156 Å². The first kappa shape index (κ1) is 25.0. The Morgan fingerprint density at radius 3 is 2.20 bits per heavy atom. The summed E-state index contributed by atoms with van der Waals surface area (Å²) in [5, 5.41) is 8.38. The smallest absolute Gasteiger partial charge is 0.159 e. The first-order chi connectivity index (χ1) is 21.8. The topological polar surface area (TPSA) is 49.9 Å². The second-order valence-corrected chi connectivity index (χ2v) is 12.1. The van der Waals surface area contributed by atoms with Crippen LogP contribution in [0.4, 0.5) is 0 Å². The molecule has 1 aliphatic rings. The number of nitrogens with zero attached hydrogens (tertiary/aromatic N) is 2.